The van der Waals surface area contributed by atoms with Crippen LogP contribution in [0.5, 0.6) is 11.5 Å². The van der Waals surface area contributed by atoms with Crippen molar-refractivity contribution >= 4 is 0 Å². The molecule has 0 aliphatic rings. The number of benzene rings is 3. The Labute approximate surface area is 149 Å². The second-order valence-electron chi connectivity index (χ2n) is 6.92. The summed E-state index contributed by atoms with van der Waals surface area (Å²) in [6.07, 6.45) is 0. The number of aryl methyl sites for hydroxylation is 4. The van der Waals surface area contributed by atoms with Gasteiger partial charge in [0.05, 0.1) is 0 Å². The topological polar surface area (TPSA) is 40.5 Å². The first-order chi connectivity index (χ1) is 11.9. The van der Waals surface area contributed by atoms with Crippen molar-refractivity contribution in [3.63, 3.8) is 0 Å². The molecule has 0 aliphatic heterocycles. The highest BCUT2D eigenvalue weighted by atomic mass is 16.3. The minimum absolute atomic E-state index is 0.0854. The zero-order valence-electron chi connectivity index (χ0n) is 15.2. The fourth-order valence-corrected chi connectivity index (χ4v) is 3.62. The van der Waals surface area contributed by atoms with Gasteiger partial charge in [0, 0.05) is 11.5 Å². The molecule has 3 aromatic carbocycles. The minimum Gasteiger partial charge on any atom is -0.508 e. The fraction of sp³-hybridized carbons (Fsp3) is 0.217. The maximum Gasteiger partial charge on any atom is 0.121 e. The minimum atomic E-state index is -0.0854. The van der Waals surface area contributed by atoms with Gasteiger partial charge < -0.3 is 10.2 Å². The van der Waals surface area contributed by atoms with Gasteiger partial charge in [0.1, 0.15) is 11.5 Å². The number of rotatable bonds is 3. The van der Waals surface area contributed by atoms with E-state index in [1.54, 1.807) is 6.07 Å². The molecule has 3 aromatic rings. The van der Waals surface area contributed by atoms with Gasteiger partial charge in [-0.15, -0.1) is 0 Å². The van der Waals surface area contributed by atoms with Gasteiger partial charge in [0.25, 0.3) is 0 Å². The Bertz CT molecular complexity index is 882. The van der Waals surface area contributed by atoms with Gasteiger partial charge in [-0.25, -0.2) is 0 Å². The van der Waals surface area contributed by atoms with E-state index < -0.39 is 0 Å². The van der Waals surface area contributed by atoms with E-state index in [1.807, 2.05) is 44.2 Å². The fourth-order valence-electron chi connectivity index (χ4n) is 3.62. The van der Waals surface area contributed by atoms with E-state index in [2.05, 4.69) is 32.0 Å². The Balaban J connectivity index is 2.28. The summed E-state index contributed by atoms with van der Waals surface area (Å²) in [6, 6.07) is 18.0. The molecule has 2 N–H and O–H groups in total. The molecule has 0 fully saturated rings. The number of hydrogen-bond donors (Lipinski definition) is 2. The van der Waals surface area contributed by atoms with Crippen molar-refractivity contribution in [3.8, 4) is 11.5 Å². The van der Waals surface area contributed by atoms with E-state index in [9.17, 15) is 10.2 Å². The smallest absolute Gasteiger partial charge is 0.121 e. The molecule has 2 heteroatoms. The van der Waals surface area contributed by atoms with Crippen LogP contribution in [-0.4, -0.2) is 10.2 Å². The lowest BCUT2D eigenvalue weighted by Gasteiger charge is -2.22. The van der Waals surface area contributed by atoms with E-state index >= 15 is 0 Å². The Morgan fingerprint density at radius 2 is 1.20 bits per heavy atom. The second-order valence-corrected chi connectivity index (χ2v) is 6.92. The zero-order chi connectivity index (χ0) is 18.1. The molecule has 1 atom stereocenters. The van der Waals surface area contributed by atoms with Crippen LogP contribution in [0.25, 0.3) is 0 Å². The van der Waals surface area contributed by atoms with Crippen LogP contribution in [0.15, 0.2) is 54.6 Å². The predicted octanol–water partition coefficient (Wildman–Crippen LogP) is 5.51. The maximum absolute atomic E-state index is 10.5. The van der Waals surface area contributed by atoms with E-state index in [4.69, 9.17) is 0 Å². The molecule has 1 unspecified atom stereocenters. The van der Waals surface area contributed by atoms with Crippen molar-refractivity contribution in [2.75, 3.05) is 0 Å². The molecule has 0 amide bonds. The van der Waals surface area contributed by atoms with Crippen molar-refractivity contribution in [1.29, 1.82) is 0 Å². The number of aromatic hydroxyl groups is 2. The third-order valence-corrected chi connectivity index (χ3v) is 4.67. The van der Waals surface area contributed by atoms with Crippen LogP contribution in [-0.2, 0) is 0 Å². The molecular weight excluding hydrogens is 308 g/mol. The van der Waals surface area contributed by atoms with Crippen LogP contribution in [0.4, 0.5) is 0 Å². The first-order valence-electron chi connectivity index (χ1n) is 8.53. The van der Waals surface area contributed by atoms with Crippen molar-refractivity contribution in [3.05, 3.63) is 93.5 Å². The summed E-state index contributed by atoms with van der Waals surface area (Å²) in [4.78, 5) is 0. The first-order valence-corrected chi connectivity index (χ1v) is 8.53. The number of phenolic OH excluding ortho intramolecular Hbond substituents is 2. The zero-order valence-corrected chi connectivity index (χ0v) is 15.2. The van der Waals surface area contributed by atoms with Crippen molar-refractivity contribution < 1.29 is 10.2 Å². The third-order valence-electron chi connectivity index (χ3n) is 4.67. The molecule has 25 heavy (non-hydrogen) atoms. The lowest BCUT2D eigenvalue weighted by Crippen LogP contribution is -2.06. The van der Waals surface area contributed by atoms with E-state index in [-0.39, 0.29) is 11.7 Å². The molecule has 0 spiro atoms. The van der Waals surface area contributed by atoms with Crippen LogP contribution < -0.4 is 0 Å². The van der Waals surface area contributed by atoms with E-state index in [0.29, 0.717) is 5.75 Å². The Kier molecular flexibility index (Phi) is 4.54. The van der Waals surface area contributed by atoms with Crippen LogP contribution in [0.2, 0.25) is 0 Å². The average molecular weight is 332 g/mol. The lowest BCUT2D eigenvalue weighted by atomic mass is 9.82. The predicted molar refractivity (Wildman–Crippen MR) is 103 cm³/mol. The van der Waals surface area contributed by atoms with Crippen LogP contribution >= 0.6 is 0 Å². The van der Waals surface area contributed by atoms with Gasteiger partial charge >= 0.3 is 0 Å². The standard InChI is InChI=1S/C23H24O2/c1-14-9-15(2)11-18(10-14)22(20-7-5-6-8-21(20)24)19-12-16(3)23(25)17(4)13-19/h5-13,22,24-25H,1-4H3. The van der Waals surface area contributed by atoms with Crippen molar-refractivity contribution in [2.24, 2.45) is 0 Å². The highest BCUT2D eigenvalue weighted by molar-refractivity contribution is 5.53. The van der Waals surface area contributed by atoms with Crippen LogP contribution in [0.1, 0.15) is 44.9 Å². The molecule has 0 saturated heterocycles. The molecule has 0 heterocycles. The molecular formula is C23H24O2. The van der Waals surface area contributed by atoms with Gasteiger partial charge in [-0.2, -0.15) is 0 Å². The van der Waals surface area contributed by atoms with E-state index in [0.717, 1.165) is 27.8 Å². The molecule has 0 radical (unpaired) electrons. The molecule has 3 rings (SSSR count). The highest BCUT2D eigenvalue weighted by Crippen LogP contribution is 2.39. The number of phenols is 2. The largest absolute Gasteiger partial charge is 0.508 e. The van der Waals surface area contributed by atoms with Crippen LogP contribution in [0, 0.1) is 27.7 Å². The SMILES string of the molecule is Cc1cc(C)cc(C(c2cc(C)c(O)c(C)c2)c2ccccc2O)c1. The quantitative estimate of drug-likeness (QED) is 0.621. The number of para-hydroxylation sites is 1. The molecule has 0 saturated carbocycles. The Morgan fingerprint density at radius 1 is 0.680 bits per heavy atom. The van der Waals surface area contributed by atoms with Gasteiger partial charge in [0.15, 0.2) is 0 Å². The summed E-state index contributed by atoms with van der Waals surface area (Å²) < 4.78 is 0. The van der Waals surface area contributed by atoms with Gasteiger partial charge in [0.2, 0.25) is 0 Å². The number of hydrogen-bond acceptors (Lipinski definition) is 2. The Hall–Kier alpha value is -2.74. The van der Waals surface area contributed by atoms with Crippen molar-refractivity contribution in [1.82, 2.24) is 0 Å². The normalized spacial score (nSPS) is 12.2. The monoisotopic (exact) mass is 332 g/mol. The molecule has 0 aromatic heterocycles. The summed E-state index contributed by atoms with van der Waals surface area (Å²) in [5.41, 5.74) is 7.17. The molecule has 0 aliphatic carbocycles. The van der Waals surface area contributed by atoms with Crippen LogP contribution in [0.3, 0.4) is 0 Å². The second kappa shape index (κ2) is 6.64. The average Bonchev–Trinajstić information content (AvgIpc) is 2.54. The third kappa shape index (κ3) is 3.39. The van der Waals surface area contributed by atoms with Gasteiger partial charge in [-0.1, -0.05) is 59.7 Å². The first kappa shape index (κ1) is 17.1. The summed E-state index contributed by atoms with van der Waals surface area (Å²) >= 11 is 0. The molecule has 128 valence electrons. The summed E-state index contributed by atoms with van der Waals surface area (Å²) in [5, 5.41) is 20.6. The molecule has 0 bridgehead atoms. The molecule has 2 nitrogen and oxygen atoms in total. The van der Waals surface area contributed by atoms with Gasteiger partial charge in [-0.05, 0) is 56.0 Å². The highest BCUT2D eigenvalue weighted by Gasteiger charge is 2.21. The Morgan fingerprint density at radius 3 is 1.76 bits per heavy atom. The summed E-state index contributed by atoms with van der Waals surface area (Å²) in [6.45, 7) is 8.00. The summed E-state index contributed by atoms with van der Waals surface area (Å²) in [7, 11) is 0. The van der Waals surface area contributed by atoms with E-state index in [1.165, 1.54) is 11.1 Å². The summed E-state index contributed by atoms with van der Waals surface area (Å²) in [5.74, 6) is 0.535. The van der Waals surface area contributed by atoms with Crippen molar-refractivity contribution in [2.45, 2.75) is 33.6 Å². The maximum atomic E-state index is 10.5. The van der Waals surface area contributed by atoms with Gasteiger partial charge in [-0.3, -0.25) is 0 Å². The lowest BCUT2D eigenvalue weighted by molar-refractivity contribution is 0.465.